The highest BCUT2D eigenvalue weighted by molar-refractivity contribution is 5.97. The van der Waals surface area contributed by atoms with Crippen LogP contribution in [0.4, 0.5) is 11.6 Å². The number of primary amides is 1. The van der Waals surface area contributed by atoms with Crippen molar-refractivity contribution in [3.63, 3.8) is 0 Å². The Labute approximate surface area is 247 Å². The smallest absolute Gasteiger partial charge is 0.326 e. The highest BCUT2D eigenvalue weighted by Gasteiger charge is 2.35. The number of nitrogens with two attached hydrogens (primary N) is 2. The zero-order valence-electron chi connectivity index (χ0n) is 22.9. The lowest BCUT2D eigenvalue weighted by Crippen LogP contribution is -2.58. The lowest BCUT2D eigenvalue weighted by Gasteiger charge is -2.27. The quantitative estimate of drug-likeness (QED) is 0.0772. The highest BCUT2D eigenvalue weighted by atomic mass is 16.4. The number of aliphatic carboxylic acids is 1. The molecule has 44 heavy (non-hydrogen) atoms. The van der Waals surface area contributed by atoms with Crippen LogP contribution in [0.5, 0.6) is 0 Å². The van der Waals surface area contributed by atoms with Gasteiger partial charge in [-0.15, -0.1) is 0 Å². The molecule has 1 aromatic carbocycles. The van der Waals surface area contributed by atoms with Crippen molar-refractivity contribution in [1.29, 1.82) is 0 Å². The number of aromatic amines is 1. The summed E-state index contributed by atoms with van der Waals surface area (Å²) in [4.78, 5) is 74.9. The molecule has 2 heterocycles. The molecule has 13 N–H and O–H groups in total. The Morgan fingerprint density at radius 1 is 1.00 bits per heavy atom. The Morgan fingerprint density at radius 2 is 1.68 bits per heavy atom. The minimum Gasteiger partial charge on any atom is -0.480 e. The number of fused-ring (bicyclic) bond motifs is 1. The van der Waals surface area contributed by atoms with Gasteiger partial charge in [0.1, 0.15) is 30.4 Å². The molecule has 0 radical (unpaired) electrons. The van der Waals surface area contributed by atoms with Crippen molar-refractivity contribution >= 4 is 46.5 Å². The van der Waals surface area contributed by atoms with E-state index in [2.05, 4.69) is 30.6 Å². The van der Waals surface area contributed by atoms with E-state index < -0.39 is 79.1 Å². The number of hydrogen-bond acceptors (Lipinski definition) is 14. The highest BCUT2D eigenvalue weighted by Crippen LogP contribution is 2.13. The number of rotatable bonds is 15. The molecule has 0 aliphatic carbocycles. The molecule has 2 aromatic heterocycles. The minimum absolute atomic E-state index is 0.0120. The summed E-state index contributed by atoms with van der Waals surface area (Å²) in [6.45, 7) is -0.786. The molecule has 1 unspecified atom stereocenters. The summed E-state index contributed by atoms with van der Waals surface area (Å²) in [6, 6.07) is 2.52. The summed E-state index contributed by atoms with van der Waals surface area (Å²) in [7, 11) is 0. The first-order valence-electron chi connectivity index (χ1n) is 12.9. The number of aromatic nitrogens is 4. The normalized spacial score (nSPS) is 14.5. The third-order valence-electron chi connectivity index (χ3n) is 6.27. The van der Waals surface area contributed by atoms with Gasteiger partial charge in [0.05, 0.1) is 25.0 Å². The number of aliphatic hydroxyl groups is 4. The zero-order valence-corrected chi connectivity index (χ0v) is 22.9. The fourth-order valence-corrected chi connectivity index (χ4v) is 3.87. The van der Waals surface area contributed by atoms with Crippen LogP contribution in [0, 0.1) is 0 Å². The van der Waals surface area contributed by atoms with E-state index in [4.69, 9.17) is 16.6 Å². The van der Waals surface area contributed by atoms with Crippen molar-refractivity contribution in [1.82, 2.24) is 30.6 Å². The van der Waals surface area contributed by atoms with Gasteiger partial charge in [0.15, 0.2) is 11.2 Å². The van der Waals surface area contributed by atoms with E-state index in [1.54, 1.807) is 12.1 Å². The summed E-state index contributed by atoms with van der Waals surface area (Å²) in [5.41, 5.74) is 11.3. The fraction of sp³-hybridized carbons (Fsp3) is 0.360. The van der Waals surface area contributed by atoms with Gasteiger partial charge in [0.25, 0.3) is 11.5 Å². The summed E-state index contributed by atoms with van der Waals surface area (Å²) in [5, 5.41) is 55.1. The summed E-state index contributed by atoms with van der Waals surface area (Å²) >= 11 is 0. The lowest BCUT2D eigenvalue weighted by molar-refractivity contribution is -0.140. The second kappa shape index (κ2) is 14.8. The van der Waals surface area contributed by atoms with E-state index in [-0.39, 0.29) is 29.2 Å². The average Bonchev–Trinajstić information content (AvgIpc) is 2.99. The Kier molecular flexibility index (Phi) is 11.2. The summed E-state index contributed by atoms with van der Waals surface area (Å²) < 4.78 is 0. The average molecular weight is 618 g/mol. The molecule has 3 amide bonds. The van der Waals surface area contributed by atoms with Gasteiger partial charge in [-0.1, -0.05) is 0 Å². The van der Waals surface area contributed by atoms with Crippen LogP contribution in [-0.2, 0) is 20.9 Å². The molecule has 3 rings (SSSR count). The third-order valence-corrected chi connectivity index (χ3v) is 6.27. The number of nitrogens with zero attached hydrogens (tertiary/aromatic N) is 3. The van der Waals surface area contributed by atoms with Crippen molar-refractivity contribution in [2.45, 2.75) is 49.8 Å². The van der Waals surface area contributed by atoms with Crippen LogP contribution >= 0.6 is 0 Å². The Bertz CT molecular complexity index is 1570. The van der Waals surface area contributed by atoms with Crippen molar-refractivity contribution < 1.29 is 44.7 Å². The molecule has 0 fully saturated rings. The van der Waals surface area contributed by atoms with Crippen LogP contribution in [0.25, 0.3) is 11.2 Å². The molecule has 19 nitrogen and oxygen atoms in total. The first-order valence-corrected chi connectivity index (χ1v) is 12.9. The second-order valence-electron chi connectivity index (χ2n) is 9.50. The maximum atomic E-state index is 12.7. The van der Waals surface area contributed by atoms with Gasteiger partial charge in [0.2, 0.25) is 17.8 Å². The van der Waals surface area contributed by atoms with E-state index >= 15 is 0 Å². The van der Waals surface area contributed by atoms with E-state index in [1.807, 2.05) is 5.32 Å². The maximum Gasteiger partial charge on any atom is 0.326 e. The van der Waals surface area contributed by atoms with E-state index in [9.17, 15) is 44.4 Å². The number of carbonyl (C=O) groups excluding carboxylic acids is 3. The van der Waals surface area contributed by atoms with Gasteiger partial charge in [-0.05, 0) is 30.7 Å². The number of carboxylic acids is 1. The molecule has 3 aromatic rings. The predicted molar refractivity (Wildman–Crippen MR) is 150 cm³/mol. The van der Waals surface area contributed by atoms with Gasteiger partial charge >= 0.3 is 5.97 Å². The monoisotopic (exact) mass is 617 g/mol. The van der Waals surface area contributed by atoms with Crippen molar-refractivity contribution in [3.8, 4) is 0 Å². The maximum absolute atomic E-state index is 12.7. The first kappa shape index (κ1) is 33.3. The van der Waals surface area contributed by atoms with Crippen LogP contribution in [-0.4, -0.2) is 106 Å². The van der Waals surface area contributed by atoms with E-state index in [0.717, 1.165) is 0 Å². The number of aliphatic hydroxyl groups excluding tert-OH is 4. The standard InChI is InChI=1S/C25H31N9O10/c26-20(40)16(19(39)18(38)14(36)9-35)32-15(37)6-5-13(24(43)44)31-22(41)10-1-3-11(4-2-10)28-7-12-8-29-21-17(30-12)23(42)34-25(27)33-21/h1-4,8,13-14,16,18-19,28,35-36,38-39H,5-7,9H2,(H2,26,40)(H,31,41)(H,32,37)(H,43,44)(H3,27,29,33,34,42)/t13-,14+,16?,18+,19+/m0/s1. The molecule has 0 aliphatic rings. The van der Waals surface area contributed by atoms with Crippen LogP contribution in [0.2, 0.25) is 0 Å². The molecule has 236 valence electrons. The number of carboxylic acid groups (broad SMARTS) is 1. The summed E-state index contributed by atoms with van der Waals surface area (Å²) in [6.07, 6.45) is -5.48. The van der Waals surface area contributed by atoms with Gasteiger partial charge < -0.3 is 53.0 Å². The van der Waals surface area contributed by atoms with Crippen molar-refractivity contribution in [2.24, 2.45) is 5.73 Å². The number of nitrogen functional groups attached to an aromatic ring is 1. The largest absolute Gasteiger partial charge is 0.480 e. The number of carbonyl (C=O) groups is 4. The first-order chi connectivity index (χ1) is 20.8. The number of anilines is 2. The molecular weight excluding hydrogens is 586 g/mol. The number of amides is 3. The Balaban J connectivity index is 1.55. The fourth-order valence-electron chi connectivity index (χ4n) is 3.87. The molecule has 19 heteroatoms. The van der Waals surface area contributed by atoms with E-state index in [0.29, 0.717) is 11.4 Å². The van der Waals surface area contributed by atoms with Crippen molar-refractivity contribution in [2.75, 3.05) is 17.7 Å². The number of nitrogens with one attached hydrogen (secondary N) is 4. The molecule has 0 bridgehead atoms. The van der Waals surface area contributed by atoms with Crippen LogP contribution in [0.15, 0.2) is 35.3 Å². The molecule has 0 saturated carbocycles. The molecular formula is C25H31N9O10. The Morgan fingerprint density at radius 3 is 2.30 bits per heavy atom. The van der Waals surface area contributed by atoms with Gasteiger partial charge in [0, 0.05) is 17.7 Å². The van der Waals surface area contributed by atoms with Crippen LogP contribution in [0.1, 0.15) is 28.9 Å². The molecule has 0 spiro atoms. The van der Waals surface area contributed by atoms with Crippen molar-refractivity contribution in [3.05, 3.63) is 52.1 Å². The predicted octanol–water partition coefficient (Wildman–Crippen LogP) is -4.08. The molecule has 0 saturated heterocycles. The number of hydrogen-bond donors (Lipinski definition) is 11. The molecule has 5 atom stereocenters. The van der Waals surface area contributed by atoms with Gasteiger partial charge in [-0.2, -0.15) is 4.98 Å². The third kappa shape index (κ3) is 8.64. The van der Waals surface area contributed by atoms with Gasteiger partial charge in [-0.25, -0.2) is 14.8 Å². The minimum atomic E-state index is -2.08. The zero-order chi connectivity index (χ0) is 32.6. The Hall–Kier alpha value is -5.24. The number of H-pyrrole nitrogens is 1. The number of benzene rings is 1. The van der Waals surface area contributed by atoms with Crippen LogP contribution < -0.4 is 33.0 Å². The topological polar surface area (TPSA) is 329 Å². The lowest BCUT2D eigenvalue weighted by atomic mass is 10.00. The SMILES string of the molecule is NC(=O)C(NC(=O)CC[C@H](NC(=O)c1ccc(NCc2cnc3nc(N)[nH]c(=O)c3n2)cc1)C(=O)O)[C@@H](O)[C@H](O)[C@H](O)CO. The van der Waals surface area contributed by atoms with E-state index in [1.165, 1.54) is 18.3 Å². The molecule has 0 aliphatic heterocycles. The summed E-state index contributed by atoms with van der Waals surface area (Å²) in [5.74, 6) is -4.51. The van der Waals surface area contributed by atoms with Crippen LogP contribution in [0.3, 0.4) is 0 Å². The van der Waals surface area contributed by atoms with Gasteiger partial charge in [-0.3, -0.25) is 24.2 Å². The second-order valence-corrected chi connectivity index (χ2v) is 9.50.